The number of anilines is 1. The zero-order chi connectivity index (χ0) is 21.0. The number of nitrogens with zero attached hydrogens (tertiary/aromatic N) is 3. The summed E-state index contributed by atoms with van der Waals surface area (Å²) < 4.78 is 1.23. The van der Waals surface area contributed by atoms with Crippen LogP contribution in [0.4, 0.5) is 10.8 Å². The monoisotopic (exact) mass is 448 g/mol. The van der Waals surface area contributed by atoms with Crippen molar-refractivity contribution in [1.82, 2.24) is 20.3 Å². The van der Waals surface area contributed by atoms with Gasteiger partial charge < -0.3 is 15.6 Å². The first-order chi connectivity index (χ1) is 15.2. The first-order valence-corrected chi connectivity index (χ1v) is 12.2. The summed E-state index contributed by atoms with van der Waals surface area (Å²) in [5.41, 5.74) is 5.68. The number of imidazole rings is 1. The Balaban J connectivity index is 1.12. The molecule has 0 unspecified atom stereocenters. The summed E-state index contributed by atoms with van der Waals surface area (Å²) in [6.45, 7) is 2.97. The highest BCUT2D eigenvalue weighted by atomic mass is 32.2. The van der Waals surface area contributed by atoms with Crippen molar-refractivity contribution in [2.24, 2.45) is 4.99 Å². The molecule has 0 radical (unpaired) electrons. The van der Waals surface area contributed by atoms with Crippen LogP contribution >= 0.6 is 23.1 Å². The van der Waals surface area contributed by atoms with Crippen molar-refractivity contribution >= 4 is 49.3 Å². The number of hydrogen-bond donors (Lipinski definition) is 3. The van der Waals surface area contributed by atoms with Gasteiger partial charge in [0.15, 0.2) is 10.3 Å². The Hall–Kier alpha value is -2.84. The fraction of sp³-hybridized carbons (Fsp3) is 0.261. The van der Waals surface area contributed by atoms with E-state index in [-0.39, 0.29) is 0 Å². The summed E-state index contributed by atoms with van der Waals surface area (Å²) in [5, 5.41) is 8.93. The Morgan fingerprint density at radius 2 is 2.10 bits per heavy atom. The number of nitrogens with one attached hydrogen (secondary N) is 3. The minimum absolute atomic E-state index is 0.379. The van der Waals surface area contributed by atoms with E-state index in [9.17, 15) is 0 Å². The average Bonchev–Trinajstić information content (AvgIpc) is 3.51. The van der Waals surface area contributed by atoms with Crippen molar-refractivity contribution < 1.29 is 0 Å². The number of aromatic amines is 1. The van der Waals surface area contributed by atoms with Gasteiger partial charge in [-0.2, -0.15) is 0 Å². The van der Waals surface area contributed by atoms with Crippen molar-refractivity contribution in [1.29, 1.82) is 0 Å². The lowest BCUT2D eigenvalue weighted by atomic mass is 10.1. The molecule has 0 spiro atoms. The number of aromatic nitrogens is 3. The van der Waals surface area contributed by atoms with Crippen LogP contribution in [-0.4, -0.2) is 38.5 Å². The molecule has 1 fully saturated rings. The topological polar surface area (TPSA) is 78.0 Å². The van der Waals surface area contributed by atoms with Gasteiger partial charge in [0.1, 0.15) is 0 Å². The molecule has 0 bridgehead atoms. The predicted molar refractivity (Wildman–Crippen MR) is 132 cm³/mol. The molecule has 1 aliphatic heterocycles. The lowest BCUT2D eigenvalue weighted by molar-refractivity contribution is 0.678. The van der Waals surface area contributed by atoms with E-state index in [1.54, 1.807) is 29.4 Å². The van der Waals surface area contributed by atoms with Crippen LogP contribution in [0.2, 0.25) is 0 Å². The van der Waals surface area contributed by atoms with Crippen LogP contribution in [0.5, 0.6) is 0 Å². The number of benzene rings is 2. The fourth-order valence-corrected chi connectivity index (χ4v) is 5.51. The predicted octanol–water partition coefficient (Wildman–Crippen LogP) is 4.92. The number of H-pyrrole nitrogens is 1. The second kappa shape index (κ2) is 9.11. The summed E-state index contributed by atoms with van der Waals surface area (Å²) >= 11 is 3.48. The van der Waals surface area contributed by atoms with Crippen molar-refractivity contribution in [3.8, 4) is 0 Å². The maximum atomic E-state index is 4.75. The van der Waals surface area contributed by atoms with Gasteiger partial charge in [-0.05, 0) is 48.7 Å². The van der Waals surface area contributed by atoms with Gasteiger partial charge in [-0.1, -0.05) is 41.3 Å². The Kier molecular flexibility index (Phi) is 5.90. The van der Waals surface area contributed by atoms with Gasteiger partial charge in [0, 0.05) is 31.0 Å². The van der Waals surface area contributed by atoms with E-state index in [0.29, 0.717) is 6.04 Å². The molecule has 0 amide bonds. The summed E-state index contributed by atoms with van der Waals surface area (Å²) in [6.07, 6.45) is 5.54. The Morgan fingerprint density at radius 1 is 1.19 bits per heavy atom. The lowest BCUT2D eigenvalue weighted by Crippen LogP contribution is -2.28. The van der Waals surface area contributed by atoms with E-state index in [0.717, 1.165) is 52.3 Å². The summed E-state index contributed by atoms with van der Waals surface area (Å²) in [4.78, 5) is 16.7. The molecule has 4 aromatic rings. The Labute approximate surface area is 189 Å². The molecule has 31 heavy (non-hydrogen) atoms. The smallest absolute Gasteiger partial charge is 0.183 e. The SMILES string of the molecule is Cc1ccc2nc(NCCc3ccc(/N=C4/N[C@@H](Cc5c[nH]cn5)CS4)cc3)sc2c1. The molecule has 0 saturated carbocycles. The Morgan fingerprint density at radius 3 is 2.94 bits per heavy atom. The van der Waals surface area contributed by atoms with Crippen LogP contribution in [0, 0.1) is 6.92 Å². The molecule has 6 nitrogen and oxygen atoms in total. The normalized spacial score (nSPS) is 17.3. The van der Waals surface area contributed by atoms with E-state index in [2.05, 4.69) is 75.0 Å². The minimum Gasteiger partial charge on any atom is -0.361 e. The second-order valence-electron chi connectivity index (χ2n) is 7.67. The summed E-state index contributed by atoms with van der Waals surface area (Å²) in [6, 6.07) is 15.3. The number of aliphatic imine (C=N–C) groups is 1. The molecule has 8 heteroatoms. The van der Waals surface area contributed by atoms with E-state index < -0.39 is 0 Å². The van der Waals surface area contributed by atoms with Crippen molar-refractivity contribution in [2.75, 3.05) is 17.6 Å². The molecule has 2 aromatic heterocycles. The van der Waals surface area contributed by atoms with Gasteiger partial charge in [0.25, 0.3) is 0 Å². The fourth-order valence-electron chi connectivity index (χ4n) is 3.54. The van der Waals surface area contributed by atoms with Gasteiger partial charge in [-0.25, -0.2) is 15.0 Å². The lowest BCUT2D eigenvalue weighted by Gasteiger charge is -2.07. The largest absolute Gasteiger partial charge is 0.361 e. The molecule has 1 saturated heterocycles. The number of amidine groups is 1. The molecule has 0 aliphatic carbocycles. The maximum absolute atomic E-state index is 4.75. The number of hydrogen-bond acceptors (Lipinski definition) is 6. The van der Waals surface area contributed by atoms with Gasteiger partial charge in [0.2, 0.25) is 0 Å². The number of thioether (sulfide) groups is 1. The summed E-state index contributed by atoms with van der Waals surface area (Å²) in [5.74, 6) is 1.01. The zero-order valence-electron chi connectivity index (χ0n) is 17.3. The molecule has 3 heterocycles. The molecular weight excluding hydrogens is 424 g/mol. The van der Waals surface area contributed by atoms with Crippen LogP contribution in [0.1, 0.15) is 16.8 Å². The van der Waals surface area contributed by atoms with Crippen LogP contribution in [0.15, 0.2) is 60.0 Å². The molecule has 1 aliphatic rings. The maximum Gasteiger partial charge on any atom is 0.183 e. The van der Waals surface area contributed by atoms with Gasteiger partial charge in [0.05, 0.1) is 27.9 Å². The molecule has 5 rings (SSSR count). The first kappa shape index (κ1) is 20.1. The van der Waals surface area contributed by atoms with Crippen LogP contribution in [-0.2, 0) is 12.8 Å². The highest BCUT2D eigenvalue weighted by Crippen LogP contribution is 2.27. The highest BCUT2D eigenvalue weighted by Gasteiger charge is 2.21. The number of rotatable bonds is 7. The number of thiazole rings is 1. The van der Waals surface area contributed by atoms with E-state index in [1.165, 1.54) is 15.8 Å². The highest BCUT2D eigenvalue weighted by molar-refractivity contribution is 8.14. The van der Waals surface area contributed by atoms with E-state index >= 15 is 0 Å². The Bertz CT molecular complexity index is 1180. The molecule has 1 atom stereocenters. The van der Waals surface area contributed by atoms with Crippen molar-refractivity contribution in [3.05, 3.63) is 71.8 Å². The van der Waals surface area contributed by atoms with E-state index in [1.807, 2.05) is 6.20 Å². The minimum atomic E-state index is 0.379. The van der Waals surface area contributed by atoms with Crippen LogP contribution in [0.3, 0.4) is 0 Å². The van der Waals surface area contributed by atoms with Crippen LogP contribution < -0.4 is 10.6 Å². The standard InChI is InChI=1S/C23H24N6S2/c1-15-2-7-20-21(10-15)31-22(29-20)25-9-8-16-3-5-17(6-4-16)27-23-28-19(13-30-23)11-18-12-24-14-26-18/h2-7,10,12,14,19H,8-9,11,13H2,1H3,(H,24,26)(H,25,29)(H,27,28)/t19-/m0/s1. The van der Waals surface area contributed by atoms with Crippen molar-refractivity contribution in [2.45, 2.75) is 25.8 Å². The average molecular weight is 449 g/mol. The van der Waals surface area contributed by atoms with Gasteiger partial charge in [-0.15, -0.1) is 0 Å². The van der Waals surface area contributed by atoms with Crippen LogP contribution in [0.25, 0.3) is 10.2 Å². The molecule has 2 aromatic carbocycles. The third-order valence-corrected chi connectivity index (χ3v) is 7.19. The number of fused-ring (bicyclic) bond motifs is 1. The third-order valence-electron chi connectivity index (χ3n) is 5.16. The van der Waals surface area contributed by atoms with E-state index in [4.69, 9.17) is 4.99 Å². The molecular formula is C23H24N6S2. The second-order valence-corrected chi connectivity index (χ2v) is 9.71. The molecule has 3 N–H and O–H groups in total. The zero-order valence-corrected chi connectivity index (χ0v) is 18.9. The van der Waals surface area contributed by atoms with Gasteiger partial charge >= 0.3 is 0 Å². The first-order valence-electron chi connectivity index (χ1n) is 10.4. The third kappa shape index (κ3) is 5.08. The number of aryl methyl sites for hydroxylation is 1. The summed E-state index contributed by atoms with van der Waals surface area (Å²) in [7, 11) is 0. The molecule has 158 valence electrons. The van der Waals surface area contributed by atoms with Crippen molar-refractivity contribution in [3.63, 3.8) is 0 Å². The van der Waals surface area contributed by atoms with Gasteiger partial charge in [-0.3, -0.25) is 0 Å². The quantitative estimate of drug-likeness (QED) is 0.374.